The molecule has 266 valence electrons. The Labute approximate surface area is 330 Å². The highest BCUT2D eigenvalue weighted by Crippen LogP contribution is 2.34. The molecule has 2 aliphatic rings. The second-order valence-corrected chi connectivity index (χ2v) is 20.7. The van der Waals surface area contributed by atoms with Crippen molar-refractivity contribution < 1.29 is 9.15 Å². The zero-order valence-electron chi connectivity index (χ0n) is 31.4. The molecular weight excluding hydrogens is 709 g/mol. The molecular formula is C49H46N2S2Si+2. The minimum Gasteiger partial charge on any atom is -0.221 e. The van der Waals surface area contributed by atoms with Crippen molar-refractivity contribution in [2.45, 2.75) is 43.0 Å². The molecule has 0 amide bonds. The molecule has 2 nitrogen and oxygen atoms in total. The molecule has 0 spiro atoms. The van der Waals surface area contributed by atoms with Crippen LogP contribution in [0.25, 0.3) is 10.8 Å². The Bertz CT molecular complexity index is 2380. The summed E-state index contributed by atoms with van der Waals surface area (Å²) < 4.78 is 4.81. The topological polar surface area (TPSA) is 6.02 Å². The van der Waals surface area contributed by atoms with E-state index in [0.29, 0.717) is 0 Å². The summed E-state index contributed by atoms with van der Waals surface area (Å²) in [6.07, 6.45) is 4.65. The number of benzene rings is 7. The molecule has 2 aliphatic heterocycles. The zero-order chi connectivity index (χ0) is 37.1. The third-order valence-corrected chi connectivity index (χ3v) is 17.9. The van der Waals surface area contributed by atoms with Crippen LogP contribution in [-0.2, 0) is 0 Å². The first-order valence-electron chi connectivity index (χ1n) is 18.7. The smallest absolute Gasteiger partial charge is 0.213 e. The van der Waals surface area contributed by atoms with Gasteiger partial charge in [0, 0.05) is 15.9 Å². The van der Waals surface area contributed by atoms with Gasteiger partial charge in [0.2, 0.25) is 5.69 Å². The van der Waals surface area contributed by atoms with Gasteiger partial charge in [-0.05, 0) is 77.6 Å². The van der Waals surface area contributed by atoms with Crippen molar-refractivity contribution in [1.82, 2.24) is 0 Å². The molecule has 0 aliphatic carbocycles. The summed E-state index contributed by atoms with van der Waals surface area (Å²) in [6.45, 7) is 9.05. The molecule has 54 heavy (non-hydrogen) atoms. The first kappa shape index (κ1) is 36.1. The lowest BCUT2D eigenvalue weighted by atomic mass is 10.1. The van der Waals surface area contributed by atoms with Crippen molar-refractivity contribution >= 4 is 81.2 Å². The number of rotatable bonds is 5. The van der Waals surface area contributed by atoms with Crippen molar-refractivity contribution in [2.24, 2.45) is 0 Å². The van der Waals surface area contributed by atoms with Crippen LogP contribution in [0.4, 0.5) is 5.69 Å². The lowest BCUT2D eigenvalue weighted by Crippen LogP contribution is -2.75. The molecule has 7 aromatic rings. The van der Waals surface area contributed by atoms with Crippen molar-refractivity contribution in [1.29, 1.82) is 0 Å². The lowest BCUT2D eigenvalue weighted by Gasteiger charge is -2.36. The van der Waals surface area contributed by atoms with Gasteiger partial charge in [-0.3, -0.25) is 0 Å². The van der Waals surface area contributed by atoms with Gasteiger partial charge in [0.15, 0.2) is 37.8 Å². The van der Waals surface area contributed by atoms with Gasteiger partial charge in [-0.15, -0.1) is 0 Å². The molecule has 0 radical (unpaired) electrons. The van der Waals surface area contributed by atoms with E-state index in [9.17, 15) is 0 Å². The number of hydrogen-bond donors (Lipinski definition) is 0. The summed E-state index contributed by atoms with van der Waals surface area (Å²) in [5.41, 5.74) is 5.41. The van der Waals surface area contributed by atoms with E-state index >= 15 is 0 Å². The Kier molecular flexibility index (Phi) is 10.3. The summed E-state index contributed by atoms with van der Waals surface area (Å²) in [5, 5.41) is 8.37. The summed E-state index contributed by atoms with van der Waals surface area (Å²) >= 11 is 3.91. The molecule has 2 heterocycles. The minimum atomic E-state index is -2.51. The quantitative estimate of drug-likeness (QED) is 0.0982. The van der Waals surface area contributed by atoms with Gasteiger partial charge in [-0.1, -0.05) is 169 Å². The van der Waals surface area contributed by atoms with E-state index in [-0.39, 0.29) is 5.54 Å². The van der Waals surface area contributed by atoms with E-state index in [2.05, 4.69) is 219 Å². The molecule has 0 saturated heterocycles. The predicted octanol–water partition coefficient (Wildman–Crippen LogP) is 9.33. The molecule has 9 rings (SSSR count). The van der Waals surface area contributed by atoms with Gasteiger partial charge in [0.05, 0.1) is 16.5 Å². The molecule has 7 aromatic carbocycles. The highest BCUT2D eigenvalue weighted by Gasteiger charge is 2.44. The Hall–Kier alpha value is -4.94. The number of nitrogens with zero attached hydrogens (tertiary/aromatic N) is 2. The molecule has 0 fully saturated rings. The standard InChI is InChI=1S/C30H30NSSi.C19H16NS/c1-30(2,3)31-22-24-14-13-21-28(29(24)32-23-31)33(25-15-7-4-8-16-25,26-17-9-5-10-18-26)27-19-11-6-12-20-27;1-14-6-4-9-16-12-20(13-21-19(14)16)18-11-5-8-15-7-2-3-10-17(15)18/h4-22H,23H2,1-3H3;2-12H,13H2,1H3/q2*+1. The maximum Gasteiger partial charge on any atom is 0.213 e. The Morgan fingerprint density at radius 1 is 0.500 bits per heavy atom. The molecule has 0 unspecified atom stereocenters. The minimum absolute atomic E-state index is 0.105. The molecule has 0 N–H and O–H groups in total. The van der Waals surface area contributed by atoms with Crippen LogP contribution in [0.15, 0.2) is 180 Å². The summed E-state index contributed by atoms with van der Waals surface area (Å²) in [4.78, 5) is 2.84. The fourth-order valence-electron chi connectivity index (χ4n) is 7.78. The third kappa shape index (κ3) is 6.93. The second kappa shape index (κ2) is 15.4. The van der Waals surface area contributed by atoms with Gasteiger partial charge in [-0.25, -0.2) is 4.58 Å². The monoisotopic (exact) mass is 754 g/mol. The summed E-state index contributed by atoms with van der Waals surface area (Å²) in [5.74, 6) is 1.93. The molecule has 0 bridgehead atoms. The average molecular weight is 755 g/mol. The third-order valence-electron chi connectivity index (χ3n) is 10.5. The Morgan fingerprint density at radius 2 is 1.02 bits per heavy atom. The fourth-order valence-corrected chi connectivity index (χ4v) is 15.6. The van der Waals surface area contributed by atoms with Gasteiger partial charge in [-0.2, -0.15) is 4.58 Å². The van der Waals surface area contributed by atoms with E-state index < -0.39 is 8.07 Å². The molecule has 5 heteroatoms. The second-order valence-electron chi connectivity index (χ2n) is 15.0. The maximum absolute atomic E-state index is 2.51. The number of hydrogen-bond acceptors (Lipinski definition) is 2. The largest absolute Gasteiger partial charge is 0.221 e. The fraction of sp³-hybridized carbons (Fsp3) is 0.143. The Balaban J connectivity index is 0.000000169. The van der Waals surface area contributed by atoms with E-state index in [1.54, 1.807) is 0 Å². The van der Waals surface area contributed by atoms with Crippen molar-refractivity contribution in [3.05, 3.63) is 187 Å². The van der Waals surface area contributed by atoms with E-state index in [4.69, 9.17) is 0 Å². The van der Waals surface area contributed by atoms with Gasteiger partial charge in [0.25, 0.3) is 0 Å². The first-order chi connectivity index (χ1) is 26.3. The normalized spacial score (nSPS) is 13.9. The van der Waals surface area contributed by atoms with E-state index in [1.165, 1.54) is 63.7 Å². The SMILES string of the molecule is CC(C)(C)[N+]1=Cc2cccc([Si](c3ccccc3)(c3ccccc3)c3ccccc3)c2SC1.Cc1cccc2c1SC[N+](c1cccc3ccccc13)=C2. The zero-order valence-corrected chi connectivity index (χ0v) is 34.1. The van der Waals surface area contributed by atoms with Crippen LogP contribution in [0.2, 0.25) is 0 Å². The van der Waals surface area contributed by atoms with Crippen molar-refractivity contribution in [3.8, 4) is 0 Å². The van der Waals surface area contributed by atoms with Crippen molar-refractivity contribution in [2.75, 3.05) is 11.8 Å². The van der Waals surface area contributed by atoms with Gasteiger partial charge >= 0.3 is 0 Å². The molecule has 0 aromatic heterocycles. The van der Waals surface area contributed by atoms with Crippen LogP contribution >= 0.6 is 23.5 Å². The van der Waals surface area contributed by atoms with Crippen LogP contribution < -0.4 is 20.7 Å². The first-order valence-corrected chi connectivity index (χ1v) is 22.7. The highest BCUT2D eigenvalue weighted by molar-refractivity contribution is 7.99. The van der Waals surface area contributed by atoms with Gasteiger partial charge < -0.3 is 0 Å². The number of thioether (sulfide) groups is 2. The van der Waals surface area contributed by atoms with Crippen LogP contribution in [0.5, 0.6) is 0 Å². The summed E-state index contributed by atoms with van der Waals surface area (Å²) in [7, 11) is -2.51. The van der Waals surface area contributed by atoms with Crippen LogP contribution in [0.3, 0.4) is 0 Å². The Morgan fingerprint density at radius 3 is 1.65 bits per heavy atom. The van der Waals surface area contributed by atoms with Crippen LogP contribution in [-0.4, -0.2) is 46.9 Å². The number of aryl methyl sites for hydroxylation is 1. The van der Waals surface area contributed by atoms with Crippen LogP contribution in [0, 0.1) is 6.92 Å². The highest BCUT2D eigenvalue weighted by atomic mass is 32.2. The van der Waals surface area contributed by atoms with Gasteiger partial charge in [0.1, 0.15) is 0 Å². The summed E-state index contributed by atoms with van der Waals surface area (Å²) in [6, 6.07) is 62.1. The van der Waals surface area contributed by atoms with Crippen LogP contribution in [0.1, 0.15) is 37.5 Å². The molecule has 0 saturated carbocycles. The maximum atomic E-state index is 2.46. The number of fused-ring (bicyclic) bond motifs is 3. The lowest BCUT2D eigenvalue weighted by molar-refractivity contribution is -0.575. The predicted molar refractivity (Wildman–Crippen MR) is 237 cm³/mol. The average Bonchev–Trinajstić information content (AvgIpc) is 3.22. The van der Waals surface area contributed by atoms with Crippen molar-refractivity contribution in [3.63, 3.8) is 0 Å². The van der Waals surface area contributed by atoms with E-state index in [0.717, 1.165) is 11.8 Å². The van der Waals surface area contributed by atoms with E-state index in [1.807, 2.05) is 23.5 Å². The molecule has 0 atom stereocenters.